The number of rotatable bonds is 5. The largest absolute Gasteiger partial charge is 0.573 e. The van der Waals surface area contributed by atoms with Crippen molar-refractivity contribution in [2.24, 2.45) is 4.99 Å². The van der Waals surface area contributed by atoms with Crippen molar-refractivity contribution in [2.75, 3.05) is 17.0 Å². The molecule has 3 aliphatic rings. The molecule has 0 saturated heterocycles. The topological polar surface area (TPSA) is 79.6 Å². The van der Waals surface area contributed by atoms with Gasteiger partial charge in [-0.1, -0.05) is 24.3 Å². The number of nitrogens with zero attached hydrogens (tertiary/aromatic N) is 5. The summed E-state index contributed by atoms with van der Waals surface area (Å²) in [4.78, 5) is 8.64. The van der Waals surface area contributed by atoms with Crippen molar-refractivity contribution in [3.05, 3.63) is 71.0 Å². The number of halogens is 5. The lowest BCUT2D eigenvalue weighted by molar-refractivity contribution is -0.303. The smallest absolute Gasteiger partial charge is 0.398 e. The molecule has 1 unspecified atom stereocenters. The Kier molecular flexibility index (Phi) is 6.46. The van der Waals surface area contributed by atoms with Gasteiger partial charge in [-0.15, -0.1) is 18.3 Å². The van der Waals surface area contributed by atoms with Gasteiger partial charge in [0.25, 0.3) is 0 Å². The second-order valence-electron chi connectivity index (χ2n) is 8.63. The van der Waals surface area contributed by atoms with Crippen molar-refractivity contribution in [1.29, 1.82) is 0 Å². The van der Waals surface area contributed by atoms with E-state index >= 15 is 0 Å². The molecule has 0 fully saturated rings. The molecule has 13 heteroatoms. The van der Waals surface area contributed by atoms with Crippen molar-refractivity contribution in [1.82, 2.24) is 20.2 Å². The molecule has 194 valence electrons. The molecule has 37 heavy (non-hydrogen) atoms. The van der Waals surface area contributed by atoms with E-state index in [4.69, 9.17) is 0 Å². The normalized spacial score (nSPS) is 19.4. The number of anilines is 3. The van der Waals surface area contributed by atoms with E-state index in [1.54, 1.807) is 23.8 Å². The van der Waals surface area contributed by atoms with Gasteiger partial charge in [0, 0.05) is 18.2 Å². The summed E-state index contributed by atoms with van der Waals surface area (Å²) in [5.74, 6) is -0.990. The molecular weight excluding hydrogens is 497 g/mol. The first-order valence-electron chi connectivity index (χ1n) is 11.5. The first-order valence-corrected chi connectivity index (χ1v) is 11.5. The van der Waals surface area contributed by atoms with Crippen LogP contribution < -0.4 is 15.8 Å². The monoisotopic (exact) mass is 519 g/mol. The maximum atomic E-state index is 14.8. The highest BCUT2D eigenvalue weighted by molar-refractivity contribution is 5.83. The first kappa shape index (κ1) is 24.6. The van der Waals surface area contributed by atoms with Gasteiger partial charge in [-0.2, -0.15) is 4.98 Å². The minimum Gasteiger partial charge on any atom is -0.398 e. The molecule has 1 aliphatic carbocycles. The summed E-state index contributed by atoms with van der Waals surface area (Å²) in [7, 11) is 0. The van der Waals surface area contributed by atoms with Crippen LogP contribution in [0.5, 0.6) is 0 Å². The molecule has 0 amide bonds. The van der Waals surface area contributed by atoms with E-state index in [1.807, 2.05) is 0 Å². The highest BCUT2D eigenvalue weighted by Crippen LogP contribution is 2.35. The van der Waals surface area contributed by atoms with Gasteiger partial charge in [0.2, 0.25) is 5.95 Å². The Bertz CT molecular complexity index is 1340. The number of benzene rings is 1. The Morgan fingerprint density at radius 3 is 2.65 bits per heavy atom. The van der Waals surface area contributed by atoms with Crippen LogP contribution in [0.3, 0.4) is 0 Å². The van der Waals surface area contributed by atoms with E-state index < -0.39 is 23.8 Å². The molecule has 2 aliphatic heterocycles. The zero-order valence-electron chi connectivity index (χ0n) is 19.6. The van der Waals surface area contributed by atoms with E-state index in [-0.39, 0.29) is 29.9 Å². The number of aliphatic imine (C=N–C) groups is 1. The Morgan fingerprint density at radius 1 is 1.16 bits per heavy atom. The molecule has 2 aromatic rings. The van der Waals surface area contributed by atoms with Crippen molar-refractivity contribution < 1.29 is 26.7 Å². The van der Waals surface area contributed by atoms with Gasteiger partial charge < -0.3 is 10.1 Å². The molecule has 3 heterocycles. The standard InChI is InChI=1S/C24H22F5N7O/c1-14-30-13-36(33-14)21-19(25)11-16(12-20(21)26)31-23-32-22-18(7-2-3-10-35(22)34-23)15-5-4-6-17(9-8-15)37-24(27,28)29/h4-5,8-9,11-12,18H,2-3,7,10,13H2,1H3,(H,30,33)(H,31,34). The van der Waals surface area contributed by atoms with Crippen molar-refractivity contribution in [3.63, 3.8) is 0 Å². The van der Waals surface area contributed by atoms with Crippen LogP contribution in [0.4, 0.5) is 39.3 Å². The zero-order valence-corrected chi connectivity index (χ0v) is 19.6. The van der Waals surface area contributed by atoms with Gasteiger partial charge in [-0.3, -0.25) is 10.4 Å². The number of allylic oxidation sites excluding steroid dienone is 4. The fraction of sp³-hybridized carbons (Fsp3) is 0.333. The molecule has 1 aromatic carbocycles. The highest BCUT2D eigenvalue weighted by atomic mass is 19.4. The number of aromatic nitrogens is 3. The molecule has 8 nitrogen and oxygen atoms in total. The van der Waals surface area contributed by atoms with E-state index in [0.717, 1.165) is 25.0 Å². The number of alkyl halides is 3. The lowest BCUT2D eigenvalue weighted by Crippen LogP contribution is -2.36. The van der Waals surface area contributed by atoms with Crippen LogP contribution in [0.25, 0.3) is 0 Å². The van der Waals surface area contributed by atoms with Gasteiger partial charge in [0.1, 0.15) is 24.0 Å². The number of aryl methyl sites for hydroxylation is 1. The highest BCUT2D eigenvalue weighted by Gasteiger charge is 2.32. The third-order valence-electron chi connectivity index (χ3n) is 5.97. The molecular formula is C24H22F5N7O. The minimum absolute atomic E-state index is 0.0853. The van der Waals surface area contributed by atoms with Gasteiger partial charge in [0.15, 0.2) is 17.4 Å². The maximum Gasteiger partial charge on any atom is 0.573 e. The fourth-order valence-electron chi connectivity index (χ4n) is 4.39. The van der Waals surface area contributed by atoms with E-state index in [9.17, 15) is 22.0 Å². The number of hydrogen-bond acceptors (Lipinski definition) is 7. The molecule has 1 aromatic heterocycles. The summed E-state index contributed by atoms with van der Waals surface area (Å²) in [6.07, 6.45) is 3.34. The number of nitrogens with one attached hydrogen (secondary N) is 2. The number of hydrazine groups is 1. The number of ether oxygens (including phenoxy) is 1. The Labute approximate surface area is 208 Å². The SMILES string of the molecule is CC1=NCN(c2c(F)cc(Nc3nc4n(n3)CCCCC4C3=CC=C=C(OC(F)(F)F)C=C3)cc2F)N1. The average Bonchev–Trinajstić information content (AvgIpc) is 3.26. The van der Waals surface area contributed by atoms with E-state index in [1.165, 1.54) is 17.2 Å². The van der Waals surface area contributed by atoms with Gasteiger partial charge >= 0.3 is 6.36 Å². The predicted octanol–water partition coefficient (Wildman–Crippen LogP) is 5.34. The van der Waals surface area contributed by atoms with Gasteiger partial charge in [0.05, 0.1) is 0 Å². The summed E-state index contributed by atoms with van der Waals surface area (Å²) < 4.78 is 73.0. The van der Waals surface area contributed by atoms with Crippen LogP contribution in [-0.4, -0.2) is 33.6 Å². The third kappa shape index (κ3) is 5.51. The Morgan fingerprint density at radius 2 is 1.95 bits per heavy atom. The fourth-order valence-corrected chi connectivity index (χ4v) is 4.39. The van der Waals surface area contributed by atoms with Crippen LogP contribution in [0.2, 0.25) is 0 Å². The summed E-state index contributed by atoms with van der Waals surface area (Å²) >= 11 is 0. The maximum absolute atomic E-state index is 14.8. The van der Waals surface area contributed by atoms with Crippen LogP contribution in [0.15, 0.2) is 58.5 Å². The minimum atomic E-state index is -4.82. The molecule has 0 saturated carbocycles. The summed E-state index contributed by atoms with van der Waals surface area (Å²) in [6.45, 7) is 2.36. The summed E-state index contributed by atoms with van der Waals surface area (Å²) in [5, 5.41) is 8.59. The lowest BCUT2D eigenvalue weighted by atomic mass is 9.92. The van der Waals surface area contributed by atoms with Crippen LogP contribution in [0.1, 0.15) is 37.9 Å². The van der Waals surface area contributed by atoms with Crippen LogP contribution in [-0.2, 0) is 11.3 Å². The van der Waals surface area contributed by atoms with Crippen molar-refractivity contribution in [3.8, 4) is 0 Å². The summed E-state index contributed by atoms with van der Waals surface area (Å²) in [5.41, 5.74) is 5.85. The number of fused-ring (bicyclic) bond motifs is 1. The second kappa shape index (κ2) is 9.74. The van der Waals surface area contributed by atoms with E-state index in [0.29, 0.717) is 30.2 Å². The van der Waals surface area contributed by atoms with E-state index in [2.05, 4.69) is 36.3 Å². The zero-order chi connectivity index (χ0) is 26.2. The Balaban J connectivity index is 1.36. The van der Waals surface area contributed by atoms with Gasteiger partial charge in [-0.25, -0.2) is 18.5 Å². The predicted molar refractivity (Wildman–Crippen MR) is 126 cm³/mol. The Hall–Kier alpha value is -4.12. The molecule has 0 radical (unpaired) electrons. The van der Waals surface area contributed by atoms with Gasteiger partial charge in [-0.05, 0) is 49.6 Å². The summed E-state index contributed by atoms with van der Waals surface area (Å²) in [6, 6.07) is 2.29. The quantitative estimate of drug-likeness (QED) is 0.410. The number of amidine groups is 1. The lowest BCUT2D eigenvalue weighted by Gasteiger charge is -2.19. The molecule has 2 N–H and O–H groups in total. The molecule has 1 atom stereocenters. The van der Waals surface area contributed by atoms with Crippen molar-refractivity contribution >= 4 is 23.2 Å². The third-order valence-corrected chi connectivity index (χ3v) is 5.97. The number of hydrogen-bond donors (Lipinski definition) is 2. The second-order valence-corrected chi connectivity index (χ2v) is 8.63. The molecule has 0 spiro atoms. The first-order chi connectivity index (χ1) is 17.7. The van der Waals surface area contributed by atoms with Crippen LogP contribution >= 0.6 is 0 Å². The molecule has 0 bridgehead atoms. The molecule has 5 rings (SSSR count). The average molecular weight is 519 g/mol. The van der Waals surface area contributed by atoms with Crippen molar-refractivity contribution in [2.45, 2.75) is 45.0 Å². The van der Waals surface area contributed by atoms with Crippen LogP contribution in [0, 0.1) is 11.6 Å².